The van der Waals surface area contributed by atoms with Crippen LogP contribution >= 0.6 is 0 Å². The predicted octanol–water partition coefficient (Wildman–Crippen LogP) is 3.96. The molecule has 4 rings (SSSR count). The molecule has 31 heavy (non-hydrogen) atoms. The fourth-order valence-corrected chi connectivity index (χ4v) is 4.48. The maximum atomic E-state index is 13.4. The number of carbonyl (C=O) groups is 1. The van der Waals surface area contributed by atoms with Crippen LogP contribution in [0, 0.1) is 6.92 Å². The van der Waals surface area contributed by atoms with E-state index in [2.05, 4.69) is 41.4 Å². The van der Waals surface area contributed by atoms with Gasteiger partial charge in [0.05, 0.1) is 6.04 Å². The highest BCUT2D eigenvalue weighted by Gasteiger charge is 2.29. The largest absolute Gasteiger partial charge is 0.420 e. The molecule has 0 spiro atoms. The summed E-state index contributed by atoms with van der Waals surface area (Å²) in [4.78, 5) is 15.3. The van der Waals surface area contributed by atoms with Gasteiger partial charge in [-0.1, -0.05) is 35.9 Å². The summed E-state index contributed by atoms with van der Waals surface area (Å²) >= 11 is 0. The van der Waals surface area contributed by atoms with Crippen molar-refractivity contribution in [3.63, 3.8) is 0 Å². The number of hydrogen-bond donors (Lipinski definition) is 0. The molecule has 0 N–H and O–H groups in total. The third-order valence-electron chi connectivity index (χ3n) is 5.43. The highest BCUT2D eigenvalue weighted by atomic mass is 32.2. The van der Waals surface area contributed by atoms with Gasteiger partial charge in [0.25, 0.3) is 5.91 Å². The predicted molar refractivity (Wildman–Crippen MR) is 117 cm³/mol. The van der Waals surface area contributed by atoms with Gasteiger partial charge in [-0.3, -0.25) is 4.79 Å². The van der Waals surface area contributed by atoms with Crippen molar-refractivity contribution in [3.8, 4) is 11.5 Å². The first-order valence-electron chi connectivity index (χ1n) is 10.3. The van der Waals surface area contributed by atoms with E-state index in [1.807, 2.05) is 4.90 Å². The summed E-state index contributed by atoms with van der Waals surface area (Å²) in [6.45, 7) is 2.76. The van der Waals surface area contributed by atoms with E-state index < -0.39 is 9.84 Å². The third-order valence-corrected chi connectivity index (χ3v) is 6.21. The van der Waals surface area contributed by atoms with Crippen molar-refractivity contribution in [2.24, 2.45) is 0 Å². The number of nitrogens with zero attached hydrogens (tertiary/aromatic N) is 3. The van der Waals surface area contributed by atoms with E-state index in [0.29, 0.717) is 17.7 Å². The Balaban J connectivity index is 1.59. The molecule has 1 amide bonds. The number of amides is 1. The number of rotatable bonds is 5. The quantitative estimate of drug-likeness (QED) is 0.597. The maximum absolute atomic E-state index is 13.4. The zero-order valence-electron chi connectivity index (χ0n) is 17.6. The molecule has 0 bridgehead atoms. The first kappa shape index (κ1) is 21.2. The fourth-order valence-electron chi connectivity index (χ4n) is 3.91. The first-order valence-corrected chi connectivity index (χ1v) is 12.3. The van der Waals surface area contributed by atoms with Crippen LogP contribution in [0.25, 0.3) is 11.5 Å². The average Bonchev–Trinajstić information content (AvgIpc) is 3.21. The molecular weight excluding hydrogens is 414 g/mol. The van der Waals surface area contributed by atoms with Gasteiger partial charge in [-0.2, -0.15) is 0 Å². The van der Waals surface area contributed by atoms with E-state index in [4.69, 9.17) is 4.42 Å². The topological polar surface area (TPSA) is 93.4 Å². The highest BCUT2D eigenvalue weighted by Crippen LogP contribution is 2.33. The number of hydrogen-bond acceptors (Lipinski definition) is 6. The zero-order valence-corrected chi connectivity index (χ0v) is 18.4. The Morgan fingerprint density at radius 2 is 1.90 bits per heavy atom. The molecule has 0 radical (unpaired) electrons. The summed E-state index contributed by atoms with van der Waals surface area (Å²) in [5.74, 6) is -0.125. The van der Waals surface area contributed by atoms with Crippen LogP contribution in [0.1, 0.15) is 52.7 Å². The summed E-state index contributed by atoms with van der Waals surface area (Å²) in [7, 11) is -3.27. The molecular formula is C23H25N3O4S. The van der Waals surface area contributed by atoms with Crippen LogP contribution in [-0.4, -0.2) is 42.2 Å². The number of piperidine rings is 1. The molecule has 1 aromatic heterocycles. The van der Waals surface area contributed by atoms with Gasteiger partial charge >= 0.3 is 0 Å². The molecule has 162 valence electrons. The number of carbonyl (C=O) groups excluding carboxylic acids is 1. The van der Waals surface area contributed by atoms with E-state index in [1.165, 1.54) is 5.56 Å². The van der Waals surface area contributed by atoms with Crippen LogP contribution in [0.3, 0.4) is 0 Å². The van der Waals surface area contributed by atoms with Gasteiger partial charge in [0.15, 0.2) is 9.84 Å². The van der Waals surface area contributed by atoms with Gasteiger partial charge in [0, 0.05) is 23.9 Å². The second-order valence-corrected chi connectivity index (χ2v) is 10.2. The fraction of sp³-hybridized carbons (Fsp3) is 0.348. The lowest BCUT2D eigenvalue weighted by atomic mass is 9.93. The number of aromatic nitrogens is 2. The number of benzene rings is 2. The Morgan fingerprint density at radius 1 is 1.13 bits per heavy atom. The lowest BCUT2D eigenvalue weighted by molar-refractivity contribution is 0.0611. The molecule has 1 aliphatic heterocycles. The van der Waals surface area contributed by atoms with E-state index in [1.54, 1.807) is 24.3 Å². The smallest absolute Gasteiger partial charge is 0.254 e. The summed E-state index contributed by atoms with van der Waals surface area (Å²) in [6.07, 6.45) is 4.12. The average molecular weight is 440 g/mol. The van der Waals surface area contributed by atoms with Crippen LogP contribution in [0.4, 0.5) is 0 Å². The lowest BCUT2D eigenvalue weighted by Gasteiger charge is -2.36. The standard InChI is InChI=1S/C23H25N3O4S/c1-16-9-11-17(12-10-16)20-8-3-4-13-26(20)23(27)19-7-5-6-18(14-19)22-25-24-21(30-22)15-31(2,28)29/h5-7,9-12,14,20H,3-4,8,13,15H2,1-2H3. The molecule has 1 aliphatic rings. The Labute approximate surface area is 182 Å². The van der Waals surface area contributed by atoms with Crippen molar-refractivity contribution in [1.82, 2.24) is 15.1 Å². The Bertz CT molecular complexity index is 1190. The van der Waals surface area contributed by atoms with Gasteiger partial charge in [-0.15, -0.1) is 10.2 Å². The van der Waals surface area contributed by atoms with Crippen LogP contribution in [-0.2, 0) is 15.6 Å². The van der Waals surface area contributed by atoms with Crippen molar-refractivity contribution in [2.45, 2.75) is 38.0 Å². The summed E-state index contributed by atoms with van der Waals surface area (Å²) in [6, 6.07) is 15.5. The second-order valence-electron chi connectivity index (χ2n) is 8.07. The summed E-state index contributed by atoms with van der Waals surface area (Å²) in [5, 5.41) is 7.76. The lowest BCUT2D eigenvalue weighted by Crippen LogP contribution is -2.38. The van der Waals surface area contributed by atoms with Crippen molar-refractivity contribution >= 4 is 15.7 Å². The zero-order chi connectivity index (χ0) is 22.0. The van der Waals surface area contributed by atoms with Crippen LogP contribution in [0.5, 0.6) is 0 Å². The van der Waals surface area contributed by atoms with E-state index in [0.717, 1.165) is 31.1 Å². The minimum Gasteiger partial charge on any atom is -0.420 e. The normalized spacial score (nSPS) is 17.0. The van der Waals surface area contributed by atoms with Crippen molar-refractivity contribution < 1.29 is 17.6 Å². The molecule has 0 aliphatic carbocycles. The monoisotopic (exact) mass is 439 g/mol. The molecule has 0 saturated carbocycles. The molecule has 7 nitrogen and oxygen atoms in total. The van der Waals surface area contributed by atoms with Crippen LogP contribution in [0.15, 0.2) is 52.9 Å². The molecule has 1 fully saturated rings. The summed E-state index contributed by atoms with van der Waals surface area (Å²) < 4.78 is 28.4. The SMILES string of the molecule is Cc1ccc(C2CCCCN2C(=O)c2cccc(-c3nnc(CS(C)(=O)=O)o3)c2)cc1. The number of likely N-dealkylation sites (tertiary alicyclic amines) is 1. The van der Waals surface area contributed by atoms with Gasteiger partial charge in [0.2, 0.25) is 11.8 Å². The minimum atomic E-state index is -3.27. The molecule has 1 unspecified atom stereocenters. The Kier molecular flexibility index (Phi) is 5.91. The van der Waals surface area contributed by atoms with Gasteiger partial charge in [-0.25, -0.2) is 8.42 Å². The summed E-state index contributed by atoms with van der Waals surface area (Å²) in [5.41, 5.74) is 3.47. The van der Waals surface area contributed by atoms with Gasteiger partial charge in [-0.05, 0) is 49.9 Å². The highest BCUT2D eigenvalue weighted by molar-refractivity contribution is 7.89. The van der Waals surface area contributed by atoms with Crippen LogP contribution < -0.4 is 0 Å². The minimum absolute atomic E-state index is 0.0321. The van der Waals surface area contributed by atoms with Crippen molar-refractivity contribution in [1.29, 1.82) is 0 Å². The third kappa shape index (κ3) is 5.02. The van der Waals surface area contributed by atoms with Crippen molar-refractivity contribution in [2.75, 3.05) is 12.8 Å². The maximum Gasteiger partial charge on any atom is 0.254 e. The van der Waals surface area contributed by atoms with E-state index in [9.17, 15) is 13.2 Å². The Morgan fingerprint density at radius 3 is 2.65 bits per heavy atom. The Hall–Kier alpha value is -3.00. The molecule has 8 heteroatoms. The van der Waals surface area contributed by atoms with Crippen molar-refractivity contribution in [3.05, 3.63) is 71.1 Å². The van der Waals surface area contributed by atoms with Crippen LogP contribution in [0.2, 0.25) is 0 Å². The number of sulfone groups is 1. The molecule has 2 heterocycles. The second kappa shape index (κ2) is 8.63. The number of aryl methyl sites for hydroxylation is 1. The molecule has 3 aromatic rings. The molecule has 2 aromatic carbocycles. The molecule has 1 atom stereocenters. The van der Waals surface area contributed by atoms with Gasteiger partial charge < -0.3 is 9.32 Å². The van der Waals surface area contributed by atoms with E-state index >= 15 is 0 Å². The van der Waals surface area contributed by atoms with Gasteiger partial charge in [0.1, 0.15) is 5.75 Å². The van der Waals surface area contributed by atoms with E-state index in [-0.39, 0.29) is 29.5 Å². The first-order chi connectivity index (χ1) is 14.8. The molecule has 1 saturated heterocycles.